The van der Waals surface area contributed by atoms with E-state index in [0.717, 1.165) is 32.2 Å². The van der Waals surface area contributed by atoms with E-state index in [1.807, 2.05) is 0 Å². The zero-order valence-electron chi connectivity index (χ0n) is 14.6. The van der Waals surface area contributed by atoms with Crippen LogP contribution >= 0.6 is 0 Å². The molecule has 2 rings (SSSR count). The van der Waals surface area contributed by atoms with Crippen molar-refractivity contribution in [2.24, 2.45) is 11.3 Å². The first-order chi connectivity index (χ1) is 9.94. The molecule has 2 aliphatic heterocycles. The minimum Gasteiger partial charge on any atom is -0.379 e. The average Bonchev–Trinajstić information content (AvgIpc) is 2.38. The fraction of sp³-hybridized carbons (Fsp3) is 1.00. The number of morpholine rings is 1. The molecule has 0 saturated carbocycles. The number of hydrogen-bond donors (Lipinski definition) is 0. The Morgan fingerprint density at radius 3 is 2.57 bits per heavy atom. The van der Waals surface area contributed by atoms with E-state index in [9.17, 15) is 0 Å². The second-order valence-corrected chi connectivity index (χ2v) is 8.02. The molecule has 124 valence electrons. The molecule has 0 unspecified atom stereocenters. The molecule has 4 heteroatoms. The second-order valence-electron chi connectivity index (χ2n) is 8.02. The van der Waals surface area contributed by atoms with Crippen LogP contribution in [0.4, 0.5) is 0 Å². The van der Waals surface area contributed by atoms with Crippen molar-refractivity contribution in [2.75, 3.05) is 73.1 Å². The summed E-state index contributed by atoms with van der Waals surface area (Å²) in [7, 11) is 4.56. The van der Waals surface area contributed by atoms with Crippen LogP contribution in [0.2, 0.25) is 0 Å². The van der Waals surface area contributed by atoms with E-state index in [4.69, 9.17) is 4.74 Å². The molecule has 2 saturated heterocycles. The summed E-state index contributed by atoms with van der Waals surface area (Å²) < 4.78 is 5.45. The summed E-state index contributed by atoms with van der Waals surface area (Å²) in [6.07, 6.45) is 2.77. The SMILES string of the molecule is CN1CCC[C@H](CN(C)CC(C)(C)CN2CCOCC2)C1. The van der Waals surface area contributed by atoms with Crippen LogP contribution in [0.5, 0.6) is 0 Å². The van der Waals surface area contributed by atoms with Crippen LogP contribution in [-0.4, -0.2) is 87.8 Å². The van der Waals surface area contributed by atoms with Gasteiger partial charge in [0.05, 0.1) is 13.2 Å². The minimum absolute atomic E-state index is 0.354. The highest BCUT2D eigenvalue weighted by molar-refractivity contribution is 4.80. The molecule has 2 aliphatic rings. The van der Waals surface area contributed by atoms with Gasteiger partial charge in [0.2, 0.25) is 0 Å². The van der Waals surface area contributed by atoms with Crippen LogP contribution in [0.3, 0.4) is 0 Å². The summed E-state index contributed by atoms with van der Waals surface area (Å²) >= 11 is 0. The van der Waals surface area contributed by atoms with Gasteiger partial charge in [-0.15, -0.1) is 0 Å². The number of nitrogens with zero attached hydrogens (tertiary/aromatic N) is 3. The lowest BCUT2D eigenvalue weighted by molar-refractivity contribution is 0.0151. The lowest BCUT2D eigenvalue weighted by Crippen LogP contribution is -2.46. The van der Waals surface area contributed by atoms with E-state index >= 15 is 0 Å². The third-order valence-electron chi connectivity index (χ3n) is 4.75. The van der Waals surface area contributed by atoms with E-state index in [1.54, 1.807) is 0 Å². The van der Waals surface area contributed by atoms with Crippen molar-refractivity contribution in [1.82, 2.24) is 14.7 Å². The van der Waals surface area contributed by atoms with Gasteiger partial charge in [-0.2, -0.15) is 0 Å². The molecular weight excluding hydrogens is 262 g/mol. The topological polar surface area (TPSA) is 19.0 Å². The number of ether oxygens (including phenoxy) is 1. The maximum Gasteiger partial charge on any atom is 0.0594 e. The number of piperidine rings is 1. The third-order valence-corrected chi connectivity index (χ3v) is 4.75. The standard InChI is InChI=1S/C17H35N3O/c1-17(2,15-20-8-10-21-11-9-20)14-19(4)13-16-6-5-7-18(3)12-16/h16H,5-15H2,1-4H3/t16-/m0/s1. The molecule has 0 amide bonds. The van der Waals surface area contributed by atoms with E-state index < -0.39 is 0 Å². The first kappa shape index (κ1) is 17.2. The molecule has 4 nitrogen and oxygen atoms in total. The highest BCUT2D eigenvalue weighted by Crippen LogP contribution is 2.21. The summed E-state index contributed by atoms with van der Waals surface area (Å²) in [4.78, 5) is 7.61. The van der Waals surface area contributed by atoms with Crippen molar-refractivity contribution >= 4 is 0 Å². The summed E-state index contributed by atoms with van der Waals surface area (Å²) in [6.45, 7) is 15.0. The molecule has 0 bridgehead atoms. The summed E-state index contributed by atoms with van der Waals surface area (Å²) in [5.41, 5.74) is 0.354. The van der Waals surface area contributed by atoms with E-state index in [0.29, 0.717) is 5.41 Å². The van der Waals surface area contributed by atoms with Crippen molar-refractivity contribution < 1.29 is 4.74 Å². The van der Waals surface area contributed by atoms with Gasteiger partial charge in [0, 0.05) is 39.3 Å². The molecule has 2 heterocycles. The lowest BCUT2D eigenvalue weighted by Gasteiger charge is -2.39. The van der Waals surface area contributed by atoms with Crippen LogP contribution in [0.25, 0.3) is 0 Å². The van der Waals surface area contributed by atoms with Crippen LogP contribution in [0, 0.1) is 11.3 Å². The smallest absolute Gasteiger partial charge is 0.0594 e. The predicted octanol–water partition coefficient (Wildman–Crippen LogP) is 1.62. The molecule has 1 atom stereocenters. The Balaban J connectivity index is 1.73. The van der Waals surface area contributed by atoms with Gasteiger partial charge >= 0.3 is 0 Å². The summed E-state index contributed by atoms with van der Waals surface area (Å²) in [6, 6.07) is 0. The molecule has 0 aromatic rings. The molecule has 21 heavy (non-hydrogen) atoms. The Morgan fingerprint density at radius 2 is 1.90 bits per heavy atom. The number of rotatable bonds is 6. The van der Waals surface area contributed by atoms with E-state index in [-0.39, 0.29) is 0 Å². The minimum atomic E-state index is 0.354. The average molecular weight is 297 g/mol. The number of likely N-dealkylation sites (tertiary alicyclic amines) is 1. The van der Waals surface area contributed by atoms with E-state index in [1.165, 1.54) is 45.6 Å². The van der Waals surface area contributed by atoms with Gasteiger partial charge in [0.15, 0.2) is 0 Å². The Kier molecular flexibility index (Phi) is 6.48. The van der Waals surface area contributed by atoms with Crippen molar-refractivity contribution in [1.29, 1.82) is 0 Å². The van der Waals surface area contributed by atoms with Crippen molar-refractivity contribution in [3.63, 3.8) is 0 Å². The lowest BCUT2D eigenvalue weighted by atomic mass is 9.90. The quantitative estimate of drug-likeness (QED) is 0.741. The van der Waals surface area contributed by atoms with Gasteiger partial charge in [0.25, 0.3) is 0 Å². The second kappa shape index (κ2) is 7.91. The van der Waals surface area contributed by atoms with Gasteiger partial charge in [-0.3, -0.25) is 4.90 Å². The summed E-state index contributed by atoms with van der Waals surface area (Å²) in [5.74, 6) is 0.855. The molecule has 0 radical (unpaired) electrons. The van der Waals surface area contributed by atoms with Crippen LogP contribution in [0.15, 0.2) is 0 Å². The van der Waals surface area contributed by atoms with Gasteiger partial charge in [0.1, 0.15) is 0 Å². The Hall–Kier alpha value is -0.160. The van der Waals surface area contributed by atoms with Crippen molar-refractivity contribution in [3.05, 3.63) is 0 Å². The third kappa shape index (κ3) is 6.23. The highest BCUT2D eigenvalue weighted by atomic mass is 16.5. The van der Waals surface area contributed by atoms with Crippen molar-refractivity contribution in [2.45, 2.75) is 26.7 Å². The molecular formula is C17H35N3O. The van der Waals surface area contributed by atoms with Gasteiger partial charge < -0.3 is 14.5 Å². The maximum atomic E-state index is 5.45. The maximum absolute atomic E-state index is 5.45. The monoisotopic (exact) mass is 297 g/mol. The Labute approximate surface area is 131 Å². The fourth-order valence-electron chi connectivity index (χ4n) is 4.07. The first-order valence-corrected chi connectivity index (χ1v) is 8.62. The molecule has 0 aliphatic carbocycles. The first-order valence-electron chi connectivity index (χ1n) is 8.62. The predicted molar refractivity (Wildman–Crippen MR) is 88.8 cm³/mol. The number of hydrogen-bond acceptors (Lipinski definition) is 4. The summed E-state index contributed by atoms with van der Waals surface area (Å²) in [5, 5.41) is 0. The largest absolute Gasteiger partial charge is 0.379 e. The fourth-order valence-corrected chi connectivity index (χ4v) is 4.07. The van der Waals surface area contributed by atoms with Crippen molar-refractivity contribution in [3.8, 4) is 0 Å². The van der Waals surface area contributed by atoms with Crippen LogP contribution in [-0.2, 0) is 4.74 Å². The zero-order chi connectivity index (χ0) is 15.3. The molecule has 0 aromatic carbocycles. The highest BCUT2D eigenvalue weighted by Gasteiger charge is 2.26. The zero-order valence-corrected chi connectivity index (χ0v) is 14.6. The van der Waals surface area contributed by atoms with Gasteiger partial charge in [-0.25, -0.2) is 0 Å². The molecule has 2 fully saturated rings. The van der Waals surface area contributed by atoms with Gasteiger partial charge in [-0.1, -0.05) is 13.8 Å². The van der Waals surface area contributed by atoms with Crippen LogP contribution < -0.4 is 0 Å². The van der Waals surface area contributed by atoms with Gasteiger partial charge in [-0.05, 0) is 44.8 Å². The van der Waals surface area contributed by atoms with E-state index in [2.05, 4.69) is 42.6 Å². The Morgan fingerprint density at radius 1 is 1.19 bits per heavy atom. The van der Waals surface area contributed by atoms with Crippen LogP contribution in [0.1, 0.15) is 26.7 Å². The normalized spacial score (nSPS) is 26.4. The molecule has 0 N–H and O–H groups in total. The molecule has 0 aromatic heterocycles. The molecule has 0 spiro atoms. The Bertz CT molecular complexity index is 302.